The molecule has 0 aliphatic rings. The van der Waals surface area contributed by atoms with Gasteiger partial charge in [-0.15, -0.1) is 0 Å². The predicted octanol–water partition coefficient (Wildman–Crippen LogP) is 1.30. The van der Waals surface area contributed by atoms with Crippen molar-refractivity contribution in [2.24, 2.45) is 0 Å². The third-order valence-electron chi connectivity index (χ3n) is 0. The van der Waals surface area contributed by atoms with Gasteiger partial charge in [-0.2, -0.15) is 0 Å². The molecule has 36 valence electrons. The molecule has 0 aliphatic carbocycles. The van der Waals surface area contributed by atoms with Crippen molar-refractivity contribution in [2.45, 2.75) is 0 Å². The Kier molecular flexibility index (Phi) is 4.85. The first-order valence-electron chi connectivity index (χ1n) is 0.873. The zero-order valence-corrected chi connectivity index (χ0v) is 6.75. The molecule has 0 aromatic carbocycles. The van der Waals surface area contributed by atoms with Crippen molar-refractivity contribution in [3.05, 3.63) is 0 Å². The van der Waals surface area contributed by atoms with Crippen LogP contribution in [0.5, 0.6) is 0 Å². The maximum absolute atomic E-state index is 9.75. The van der Waals surface area contributed by atoms with Gasteiger partial charge in [0, 0.05) is 31.1 Å². The first-order chi connectivity index (χ1) is 2.00. The minimum Gasteiger partial charge on any atom is -0.418 e. The van der Waals surface area contributed by atoms with Gasteiger partial charge in [-0.25, -0.2) is 0 Å². The summed E-state index contributed by atoms with van der Waals surface area (Å²) in [6.45, 7) is 0. The molecule has 0 aromatic rings. The summed E-state index contributed by atoms with van der Waals surface area (Å²) < 4.78 is 39.0. The SMILES string of the molecule is F[B-](F)(F)F.[U]. The zero-order valence-electron chi connectivity index (χ0n) is 2.59. The Hall–Kier alpha value is 0.837. The molecule has 0 unspecified atom stereocenters. The second kappa shape index (κ2) is 2.92. The van der Waals surface area contributed by atoms with E-state index >= 15 is 0 Å². The van der Waals surface area contributed by atoms with Crippen LogP contribution < -0.4 is 0 Å². The normalized spacial score (nSPS) is 10.0. The first-order valence-corrected chi connectivity index (χ1v) is 0.873. The van der Waals surface area contributed by atoms with E-state index in [0.717, 1.165) is 0 Å². The summed E-state index contributed by atoms with van der Waals surface area (Å²) in [4.78, 5) is 0. The van der Waals surface area contributed by atoms with Gasteiger partial charge in [-0.1, -0.05) is 0 Å². The Morgan fingerprint density at radius 1 is 0.833 bits per heavy atom. The molecule has 0 amide bonds. The molecular weight excluding hydrogens is 325 g/mol. The molecule has 0 atom stereocenters. The van der Waals surface area contributed by atoms with Crippen LogP contribution in [0.3, 0.4) is 0 Å². The standard InChI is InChI=1S/BF4.U/c2-1(3,4)5;/q-1;. The molecule has 0 fully saturated rings. The van der Waals surface area contributed by atoms with Crippen molar-refractivity contribution in [3.8, 4) is 0 Å². The van der Waals surface area contributed by atoms with Crippen LogP contribution in [0.1, 0.15) is 0 Å². The van der Waals surface area contributed by atoms with E-state index in [2.05, 4.69) is 0 Å². The molecule has 0 N–H and O–H groups in total. The minimum atomic E-state index is -6.00. The molecule has 0 aliphatic heterocycles. The number of halogens is 4. The molecule has 0 aromatic heterocycles. The van der Waals surface area contributed by atoms with Crippen LogP contribution in [-0.2, 0) is 0 Å². The third kappa shape index (κ3) is 102. The Labute approximate surface area is 55.8 Å². The molecule has 0 rings (SSSR count). The molecule has 0 nitrogen and oxygen atoms in total. The Morgan fingerprint density at radius 3 is 0.833 bits per heavy atom. The van der Waals surface area contributed by atoms with Crippen molar-refractivity contribution >= 4 is 7.25 Å². The van der Waals surface area contributed by atoms with E-state index in [4.69, 9.17) is 0 Å². The molecule has 0 bridgehead atoms. The van der Waals surface area contributed by atoms with E-state index in [9.17, 15) is 17.3 Å². The van der Waals surface area contributed by atoms with Gasteiger partial charge < -0.3 is 17.3 Å². The van der Waals surface area contributed by atoms with Gasteiger partial charge in [0.25, 0.3) is 0 Å². The second-order valence-corrected chi connectivity index (χ2v) is 0.495. The zero-order chi connectivity index (χ0) is 4.50. The summed E-state index contributed by atoms with van der Waals surface area (Å²) in [6.07, 6.45) is 0. The van der Waals surface area contributed by atoms with Crippen LogP contribution in [0.4, 0.5) is 17.3 Å². The fourth-order valence-electron chi connectivity index (χ4n) is 0. The largest absolute Gasteiger partial charge is 0.673 e. The van der Waals surface area contributed by atoms with Gasteiger partial charge in [0.15, 0.2) is 0 Å². The number of hydrogen-bond donors (Lipinski definition) is 0. The maximum Gasteiger partial charge on any atom is 0.673 e. The van der Waals surface area contributed by atoms with Gasteiger partial charge in [0.1, 0.15) is 0 Å². The van der Waals surface area contributed by atoms with Gasteiger partial charge in [-0.05, 0) is 0 Å². The minimum absolute atomic E-state index is 0. The van der Waals surface area contributed by atoms with Crippen molar-refractivity contribution in [2.75, 3.05) is 0 Å². The maximum atomic E-state index is 9.75. The van der Waals surface area contributed by atoms with Crippen molar-refractivity contribution in [3.63, 3.8) is 0 Å². The van der Waals surface area contributed by atoms with Gasteiger partial charge in [0.05, 0.1) is 0 Å². The molecule has 0 saturated carbocycles. The molecular formula is BF4U-. The van der Waals surface area contributed by atoms with Crippen LogP contribution in [0.2, 0.25) is 0 Å². The Bertz CT molecular complexity index is 23.0. The summed E-state index contributed by atoms with van der Waals surface area (Å²) in [5.41, 5.74) is 0. The van der Waals surface area contributed by atoms with Crippen molar-refractivity contribution in [1.29, 1.82) is 0 Å². The van der Waals surface area contributed by atoms with Crippen molar-refractivity contribution < 1.29 is 48.4 Å². The first kappa shape index (κ1) is 9.96. The number of rotatable bonds is 0. The monoisotopic (exact) mass is 325 g/mol. The molecule has 0 saturated heterocycles. The molecule has 6 heavy (non-hydrogen) atoms. The van der Waals surface area contributed by atoms with Crippen LogP contribution in [0.25, 0.3) is 0 Å². The van der Waals surface area contributed by atoms with Gasteiger partial charge >= 0.3 is 7.25 Å². The fraction of sp³-hybridized carbons (Fsp3) is 0. The summed E-state index contributed by atoms with van der Waals surface area (Å²) in [6, 6.07) is 0. The van der Waals surface area contributed by atoms with Gasteiger partial charge in [-0.3, -0.25) is 0 Å². The summed E-state index contributed by atoms with van der Waals surface area (Å²) >= 11 is 0. The summed E-state index contributed by atoms with van der Waals surface area (Å²) in [7, 11) is -6.00. The van der Waals surface area contributed by atoms with E-state index < -0.39 is 7.25 Å². The predicted molar refractivity (Wildman–Crippen MR) is 10.2 cm³/mol. The smallest absolute Gasteiger partial charge is 0.418 e. The molecule has 6 heteroatoms. The fourth-order valence-corrected chi connectivity index (χ4v) is 0. The third-order valence-corrected chi connectivity index (χ3v) is 0. The summed E-state index contributed by atoms with van der Waals surface area (Å²) in [5, 5.41) is 0. The quantitative estimate of drug-likeness (QED) is 0.465. The van der Waals surface area contributed by atoms with Crippen molar-refractivity contribution in [1.82, 2.24) is 0 Å². The van der Waals surface area contributed by atoms with Gasteiger partial charge in [0.2, 0.25) is 0 Å². The van der Waals surface area contributed by atoms with E-state index in [1.807, 2.05) is 0 Å². The van der Waals surface area contributed by atoms with Crippen LogP contribution in [-0.4, -0.2) is 7.25 Å². The number of hydrogen-bond acceptors (Lipinski definition) is 0. The van der Waals surface area contributed by atoms with Crippen LogP contribution in [0, 0.1) is 31.1 Å². The average Bonchev–Trinajstić information content (AvgIpc) is 0.722. The Balaban J connectivity index is 0. The van der Waals surface area contributed by atoms with E-state index in [-0.39, 0.29) is 31.1 Å². The van der Waals surface area contributed by atoms with E-state index in [1.54, 1.807) is 0 Å². The Morgan fingerprint density at radius 2 is 0.833 bits per heavy atom. The topological polar surface area (TPSA) is 0 Å². The van der Waals surface area contributed by atoms with Crippen LogP contribution >= 0.6 is 0 Å². The molecule has 0 spiro atoms. The van der Waals surface area contributed by atoms with E-state index in [0.29, 0.717) is 0 Å². The van der Waals surface area contributed by atoms with Crippen LogP contribution in [0.15, 0.2) is 0 Å². The average molecular weight is 325 g/mol. The summed E-state index contributed by atoms with van der Waals surface area (Å²) in [5.74, 6) is 0. The van der Waals surface area contributed by atoms with E-state index in [1.165, 1.54) is 0 Å². The molecule has 0 radical (unpaired) electrons. The molecule has 0 heterocycles. The second-order valence-electron chi connectivity index (χ2n) is 0.495.